The van der Waals surface area contributed by atoms with Gasteiger partial charge in [0.1, 0.15) is 0 Å². The second-order valence-corrected chi connectivity index (χ2v) is 3.90. The molecule has 6 heteroatoms. The summed E-state index contributed by atoms with van der Waals surface area (Å²) in [7, 11) is 0. The van der Waals surface area contributed by atoms with Gasteiger partial charge in [0, 0.05) is 0 Å². The molecule has 0 saturated heterocycles. The number of carboxylic acid groups (broad SMARTS) is 1. The zero-order chi connectivity index (χ0) is 7.84. The van der Waals surface area contributed by atoms with Crippen molar-refractivity contribution in [3.05, 3.63) is 16.8 Å². The number of hydrogen-bond donors (Lipinski definition) is 1. The number of hydrogen-bond acceptors (Lipinski definition) is 3. The van der Waals surface area contributed by atoms with E-state index in [2.05, 4.69) is 9.97 Å². The summed E-state index contributed by atoms with van der Waals surface area (Å²) in [4.78, 5) is 16.9. The van der Waals surface area contributed by atoms with Gasteiger partial charge in [-0.15, -0.1) is 0 Å². The zero-order valence-corrected chi connectivity index (χ0v) is 8.04. The van der Waals surface area contributed by atoms with Crippen molar-refractivity contribution in [1.82, 2.24) is 9.97 Å². The quantitative estimate of drug-likeness (QED) is 0.499. The van der Waals surface area contributed by atoms with Crippen LogP contribution < -0.4 is 24.0 Å². The Morgan fingerprint density at radius 3 is 3.00 bits per heavy atom. The minimum Gasteiger partial charge on any atom is 1.00 e. The van der Waals surface area contributed by atoms with Gasteiger partial charge in [0.25, 0.3) is 0 Å². The predicted molar refractivity (Wildman–Crippen MR) is 37.4 cm³/mol. The van der Waals surface area contributed by atoms with Gasteiger partial charge in [-0.3, -0.25) is 0 Å². The van der Waals surface area contributed by atoms with Gasteiger partial charge in [0.2, 0.25) is 0 Å². The van der Waals surface area contributed by atoms with E-state index in [0.717, 1.165) is 4.26 Å². The molecule has 0 aliphatic carbocycles. The van der Waals surface area contributed by atoms with Crippen molar-refractivity contribution in [2.45, 2.75) is 0 Å². The fourth-order valence-corrected chi connectivity index (χ4v) is 2.27. The van der Waals surface area contributed by atoms with Crippen LogP contribution in [0.5, 0.6) is 0 Å². The van der Waals surface area contributed by atoms with E-state index < -0.39 is 5.97 Å². The van der Waals surface area contributed by atoms with Crippen molar-refractivity contribution in [3.8, 4) is 0 Å². The number of aromatic nitrogens is 2. The minimum absolute atomic E-state index is 0. The molecule has 56 valence electrons. The smallest absolute Gasteiger partial charge is 1.00 e. The third-order valence-corrected chi connectivity index (χ3v) is 2.97. The molecule has 0 unspecified atom stereocenters. The number of nitrogens with zero attached hydrogens (tertiary/aromatic N) is 1. The van der Waals surface area contributed by atoms with E-state index in [9.17, 15) is 9.90 Å². The van der Waals surface area contributed by atoms with Gasteiger partial charge in [-0.2, -0.15) is 0 Å². The monoisotopic (exact) mass is 222 g/mol. The topological polar surface area (TPSA) is 68.8 Å². The molecule has 0 atom stereocenters. The van der Waals surface area contributed by atoms with Crippen LogP contribution in [-0.2, 0) is 0 Å². The Balaban J connectivity index is 0.000000720. The summed E-state index contributed by atoms with van der Waals surface area (Å²) < 4.78 is 0.983. The molecule has 2 aromatic heterocycles. The number of H-pyrrole nitrogens is 1. The van der Waals surface area contributed by atoms with Crippen LogP contribution in [0.1, 0.15) is 10.5 Å². The summed E-state index contributed by atoms with van der Waals surface area (Å²) in [6.45, 7) is 0. The van der Waals surface area contributed by atoms with Gasteiger partial charge in [0.05, 0.1) is 0 Å². The number of fused-ring (bicyclic) bond motifs is 1. The molecular weight excluding hydrogens is 218 g/mol. The molecule has 0 aliphatic rings. The molecule has 0 aliphatic heterocycles. The van der Waals surface area contributed by atoms with E-state index in [1.807, 2.05) is 0 Å². The van der Waals surface area contributed by atoms with Gasteiger partial charge in [0.15, 0.2) is 0 Å². The molecule has 0 spiro atoms. The summed E-state index contributed by atoms with van der Waals surface area (Å²) in [6.07, 6.45) is 0. The first kappa shape index (κ1) is 9.62. The summed E-state index contributed by atoms with van der Waals surface area (Å²) in [5.74, 6) is -1.18. The fraction of sp³-hybridized carbons (Fsp3) is 0. The van der Waals surface area contributed by atoms with E-state index in [1.54, 1.807) is 11.1 Å². The van der Waals surface area contributed by atoms with E-state index in [1.165, 1.54) is 0 Å². The molecule has 4 nitrogen and oxygen atoms in total. The number of aromatic carboxylic acids is 1. The molecule has 12 heavy (non-hydrogen) atoms. The molecule has 0 saturated carbocycles. The van der Waals surface area contributed by atoms with Crippen molar-refractivity contribution in [3.63, 3.8) is 0 Å². The predicted octanol–water partition coefficient (Wildman–Crippen LogP) is -4.01. The van der Waals surface area contributed by atoms with Gasteiger partial charge in [-0.25, -0.2) is 0 Å². The first-order chi connectivity index (χ1) is 5.27. The number of carbonyl (C=O) groups excluding carboxylic acids is 1. The molecule has 2 rings (SSSR count). The Kier molecular flexibility index (Phi) is 2.81. The largest absolute Gasteiger partial charge is 1.00 e. The van der Waals surface area contributed by atoms with Crippen LogP contribution in [0.15, 0.2) is 11.1 Å². The minimum atomic E-state index is -1.18. The van der Waals surface area contributed by atoms with Crippen molar-refractivity contribution in [2.75, 3.05) is 0 Å². The molecule has 0 amide bonds. The van der Waals surface area contributed by atoms with Crippen LogP contribution in [0.25, 0.3) is 9.91 Å². The van der Waals surface area contributed by atoms with E-state index in [-0.39, 0.29) is 39.1 Å². The number of carbonyl (C=O) groups is 1. The summed E-state index contributed by atoms with van der Waals surface area (Å²) in [5, 5.41) is 12.1. The number of rotatable bonds is 1. The van der Waals surface area contributed by atoms with Gasteiger partial charge < -0.3 is 0 Å². The Labute approximate surface area is 85.9 Å². The second-order valence-electron chi connectivity index (χ2n) is 2.04. The summed E-state index contributed by atoms with van der Waals surface area (Å²) in [5.41, 5.74) is 0.790. The van der Waals surface area contributed by atoms with Crippen LogP contribution in [-0.4, -0.2) is 30.4 Å². The van der Waals surface area contributed by atoms with Gasteiger partial charge >= 0.3 is 85.9 Å². The van der Waals surface area contributed by atoms with E-state index in [4.69, 9.17) is 0 Å². The molecule has 0 radical (unpaired) electrons. The average molecular weight is 221 g/mol. The molecular formula is C6H3LiN2O2Se. The molecule has 2 aromatic rings. The standard InChI is InChI=1S/C6H4N2O2Se.Li/c9-6(10)3-1-4-5(8-3)7-2-11-4;/h1-2,8H,(H,9,10);/q;+1/p-1. The average Bonchev–Trinajstić information content (AvgIpc) is 2.40. The maximum atomic E-state index is 10.3. The molecule has 2 heterocycles. The Bertz CT molecular complexity index is 380. The first-order valence-electron chi connectivity index (χ1n) is 2.91. The van der Waals surface area contributed by atoms with Crippen molar-refractivity contribution in [1.29, 1.82) is 0 Å². The first-order valence-corrected chi connectivity index (χ1v) is 4.75. The van der Waals surface area contributed by atoms with Crippen molar-refractivity contribution >= 4 is 30.4 Å². The SMILES string of the molecule is O=C([O-])c1cc2[se]cnc2[nH]1.[Li+]. The number of carboxylic acids is 1. The maximum absolute atomic E-state index is 10.3. The van der Waals surface area contributed by atoms with Crippen LogP contribution in [0.4, 0.5) is 0 Å². The Hall–Kier alpha value is -0.463. The third-order valence-electron chi connectivity index (χ3n) is 1.34. The Morgan fingerprint density at radius 1 is 1.67 bits per heavy atom. The van der Waals surface area contributed by atoms with Crippen LogP contribution in [0.2, 0.25) is 0 Å². The van der Waals surface area contributed by atoms with Crippen LogP contribution >= 0.6 is 0 Å². The summed E-state index contributed by atoms with van der Waals surface area (Å²) in [6, 6.07) is 1.58. The zero-order valence-electron chi connectivity index (χ0n) is 6.33. The molecule has 0 fully saturated rings. The van der Waals surface area contributed by atoms with Crippen molar-refractivity contribution < 1.29 is 28.8 Å². The molecule has 0 bridgehead atoms. The van der Waals surface area contributed by atoms with Gasteiger partial charge in [-0.1, -0.05) is 0 Å². The Morgan fingerprint density at radius 2 is 2.42 bits per heavy atom. The number of aromatic amines is 1. The van der Waals surface area contributed by atoms with E-state index in [0.29, 0.717) is 5.65 Å². The van der Waals surface area contributed by atoms with E-state index >= 15 is 0 Å². The van der Waals surface area contributed by atoms with Gasteiger partial charge in [-0.05, 0) is 0 Å². The van der Waals surface area contributed by atoms with Crippen LogP contribution in [0, 0.1) is 0 Å². The second kappa shape index (κ2) is 3.50. The van der Waals surface area contributed by atoms with Crippen LogP contribution in [0.3, 0.4) is 0 Å². The molecule has 0 aromatic carbocycles. The third kappa shape index (κ3) is 1.50. The van der Waals surface area contributed by atoms with Crippen molar-refractivity contribution in [2.24, 2.45) is 0 Å². The number of nitrogens with one attached hydrogen (secondary N) is 1. The maximum Gasteiger partial charge on any atom is 1.00 e. The summed E-state index contributed by atoms with van der Waals surface area (Å²) >= 11 is 0.194. The molecule has 1 N–H and O–H groups in total. The normalized spacial score (nSPS) is 9.67. The fourth-order valence-electron chi connectivity index (χ4n) is 0.856.